The van der Waals surface area contributed by atoms with Crippen LogP contribution in [-0.2, 0) is 5.60 Å². The van der Waals surface area contributed by atoms with Crippen LogP contribution in [0.5, 0.6) is 0 Å². The fourth-order valence-electron chi connectivity index (χ4n) is 1.23. The number of pyridine rings is 1. The molecule has 0 spiro atoms. The standard InChI is InChI=1S/C10H10N2O/c13-10(4-7-11-8-5-10)9-3-1-2-6-12-9/h1-8,11,13H. The SMILES string of the molecule is OC1(c2ccccn2)C=CNC=C1. The molecular formula is C10H10N2O. The van der Waals surface area contributed by atoms with Gasteiger partial charge in [-0.3, -0.25) is 4.98 Å². The second kappa shape index (κ2) is 3.03. The maximum absolute atomic E-state index is 10.1. The van der Waals surface area contributed by atoms with E-state index in [0.29, 0.717) is 5.69 Å². The van der Waals surface area contributed by atoms with Crippen molar-refractivity contribution in [1.29, 1.82) is 0 Å². The first-order valence-electron chi connectivity index (χ1n) is 4.07. The molecule has 3 heteroatoms. The van der Waals surface area contributed by atoms with Gasteiger partial charge in [0, 0.05) is 18.6 Å². The maximum atomic E-state index is 10.1. The van der Waals surface area contributed by atoms with Crippen LogP contribution in [0.3, 0.4) is 0 Å². The Hall–Kier alpha value is -1.61. The molecule has 0 fully saturated rings. The van der Waals surface area contributed by atoms with Crippen LogP contribution in [0.15, 0.2) is 48.9 Å². The van der Waals surface area contributed by atoms with Crippen LogP contribution in [0.2, 0.25) is 0 Å². The molecule has 2 heterocycles. The molecule has 3 nitrogen and oxygen atoms in total. The normalized spacial score (nSPS) is 18.2. The van der Waals surface area contributed by atoms with Crippen molar-refractivity contribution >= 4 is 0 Å². The molecule has 0 amide bonds. The first-order chi connectivity index (χ1) is 6.31. The molecule has 1 aliphatic rings. The van der Waals surface area contributed by atoms with E-state index in [1.54, 1.807) is 36.8 Å². The summed E-state index contributed by atoms with van der Waals surface area (Å²) in [6.45, 7) is 0. The van der Waals surface area contributed by atoms with E-state index in [1.807, 2.05) is 12.1 Å². The van der Waals surface area contributed by atoms with Gasteiger partial charge in [-0.15, -0.1) is 0 Å². The fraction of sp³-hybridized carbons (Fsp3) is 0.100. The lowest BCUT2D eigenvalue weighted by molar-refractivity contribution is 0.136. The number of nitrogens with one attached hydrogen (secondary N) is 1. The number of aromatic nitrogens is 1. The Labute approximate surface area is 76.4 Å². The second-order valence-corrected chi connectivity index (χ2v) is 2.87. The zero-order valence-corrected chi connectivity index (χ0v) is 7.01. The van der Waals surface area contributed by atoms with Crippen LogP contribution in [0.1, 0.15) is 5.69 Å². The van der Waals surface area contributed by atoms with E-state index in [2.05, 4.69) is 10.3 Å². The van der Waals surface area contributed by atoms with Crippen LogP contribution in [0.25, 0.3) is 0 Å². The summed E-state index contributed by atoms with van der Waals surface area (Å²) in [7, 11) is 0. The molecule has 0 aliphatic carbocycles. The Morgan fingerprint density at radius 2 is 2.00 bits per heavy atom. The molecule has 2 N–H and O–H groups in total. The molecule has 66 valence electrons. The van der Waals surface area contributed by atoms with Crippen LogP contribution in [-0.4, -0.2) is 10.1 Å². The van der Waals surface area contributed by atoms with Crippen LogP contribution < -0.4 is 5.32 Å². The summed E-state index contributed by atoms with van der Waals surface area (Å²) in [6.07, 6.45) is 8.37. The van der Waals surface area contributed by atoms with Crippen LogP contribution in [0.4, 0.5) is 0 Å². The Kier molecular flexibility index (Phi) is 1.87. The first kappa shape index (κ1) is 8.01. The number of hydrogen-bond donors (Lipinski definition) is 2. The van der Waals surface area contributed by atoms with E-state index in [1.165, 1.54) is 0 Å². The Bertz CT molecular complexity index is 331. The Morgan fingerprint density at radius 1 is 1.23 bits per heavy atom. The predicted molar refractivity (Wildman–Crippen MR) is 49.5 cm³/mol. The van der Waals surface area contributed by atoms with E-state index in [-0.39, 0.29) is 0 Å². The zero-order chi connectivity index (χ0) is 9.15. The van der Waals surface area contributed by atoms with E-state index in [9.17, 15) is 5.11 Å². The highest BCUT2D eigenvalue weighted by Crippen LogP contribution is 2.23. The van der Waals surface area contributed by atoms with E-state index < -0.39 is 5.60 Å². The minimum Gasteiger partial charge on any atom is -0.376 e. The van der Waals surface area contributed by atoms with Gasteiger partial charge in [-0.25, -0.2) is 0 Å². The van der Waals surface area contributed by atoms with Crippen molar-refractivity contribution in [3.05, 3.63) is 54.6 Å². The smallest absolute Gasteiger partial charge is 0.146 e. The van der Waals surface area contributed by atoms with Crippen molar-refractivity contribution in [2.24, 2.45) is 0 Å². The molecule has 1 aromatic rings. The Balaban J connectivity index is 2.39. The van der Waals surface area contributed by atoms with Gasteiger partial charge in [0.25, 0.3) is 0 Å². The summed E-state index contributed by atoms with van der Waals surface area (Å²) < 4.78 is 0. The lowest BCUT2D eigenvalue weighted by Crippen LogP contribution is -2.25. The van der Waals surface area contributed by atoms with Gasteiger partial charge in [0.2, 0.25) is 0 Å². The third-order valence-electron chi connectivity index (χ3n) is 1.94. The lowest BCUT2D eigenvalue weighted by atomic mass is 9.98. The molecule has 0 saturated carbocycles. The molecule has 1 aromatic heterocycles. The minimum absolute atomic E-state index is 0.629. The number of hydrogen-bond acceptors (Lipinski definition) is 3. The molecule has 0 bridgehead atoms. The highest BCUT2D eigenvalue weighted by Gasteiger charge is 2.24. The van der Waals surface area contributed by atoms with Crippen molar-refractivity contribution in [2.45, 2.75) is 5.60 Å². The van der Waals surface area contributed by atoms with Crippen LogP contribution in [0, 0.1) is 0 Å². The quantitative estimate of drug-likeness (QED) is 0.665. The molecule has 2 rings (SSSR count). The van der Waals surface area contributed by atoms with Gasteiger partial charge < -0.3 is 10.4 Å². The molecule has 13 heavy (non-hydrogen) atoms. The number of rotatable bonds is 1. The van der Waals surface area contributed by atoms with Crippen LogP contribution >= 0.6 is 0 Å². The minimum atomic E-state index is -1.06. The summed E-state index contributed by atoms with van der Waals surface area (Å²) >= 11 is 0. The van der Waals surface area contributed by atoms with E-state index in [4.69, 9.17) is 0 Å². The summed E-state index contributed by atoms with van der Waals surface area (Å²) in [4.78, 5) is 4.09. The third kappa shape index (κ3) is 1.46. The number of nitrogens with zero attached hydrogens (tertiary/aromatic N) is 1. The lowest BCUT2D eigenvalue weighted by Gasteiger charge is -2.21. The second-order valence-electron chi connectivity index (χ2n) is 2.87. The van der Waals surface area contributed by atoms with Crippen molar-refractivity contribution in [3.63, 3.8) is 0 Å². The molecule has 0 saturated heterocycles. The average molecular weight is 174 g/mol. The van der Waals surface area contributed by atoms with Gasteiger partial charge in [-0.05, 0) is 24.3 Å². The molecule has 0 unspecified atom stereocenters. The molecule has 0 radical (unpaired) electrons. The largest absolute Gasteiger partial charge is 0.376 e. The van der Waals surface area contributed by atoms with Crippen molar-refractivity contribution < 1.29 is 5.11 Å². The van der Waals surface area contributed by atoms with E-state index in [0.717, 1.165) is 0 Å². The highest BCUT2D eigenvalue weighted by molar-refractivity contribution is 5.29. The molecule has 1 aliphatic heterocycles. The summed E-state index contributed by atoms with van der Waals surface area (Å²) in [5.74, 6) is 0. The van der Waals surface area contributed by atoms with Gasteiger partial charge >= 0.3 is 0 Å². The summed E-state index contributed by atoms with van der Waals surface area (Å²) in [6, 6.07) is 5.46. The third-order valence-corrected chi connectivity index (χ3v) is 1.94. The van der Waals surface area contributed by atoms with Gasteiger partial charge in [-0.2, -0.15) is 0 Å². The monoisotopic (exact) mass is 174 g/mol. The molecular weight excluding hydrogens is 164 g/mol. The fourth-order valence-corrected chi connectivity index (χ4v) is 1.23. The summed E-state index contributed by atoms with van der Waals surface area (Å²) in [5.41, 5.74) is -0.434. The topological polar surface area (TPSA) is 45.2 Å². The van der Waals surface area contributed by atoms with Crippen molar-refractivity contribution in [3.8, 4) is 0 Å². The molecule has 0 atom stereocenters. The first-order valence-corrected chi connectivity index (χ1v) is 4.07. The predicted octanol–water partition coefficient (Wildman–Crippen LogP) is 0.900. The number of dihydropyridines is 1. The van der Waals surface area contributed by atoms with Crippen molar-refractivity contribution in [2.75, 3.05) is 0 Å². The van der Waals surface area contributed by atoms with Gasteiger partial charge in [0.1, 0.15) is 5.60 Å². The van der Waals surface area contributed by atoms with Gasteiger partial charge in [0.05, 0.1) is 5.69 Å². The summed E-state index contributed by atoms with van der Waals surface area (Å²) in [5, 5.41) is 12.9. The average Bonchev–Trinajstić information content (AvgIpc) is 2.20. The number of aliphatic hydroxyl groups is 1. The highest BCUT2D eigenvalue weighted by atomic mass is 16.3. The van der Waals surface area contributed by atoms with Crippen molar-refractivity contribution in [1.82, 2.24) is 10.3 Å². The molecule has 0 aromatic carbocycles. The Morgan fingerprint density at radius 3 is 2.62 bits per heavy atom. The van der Waals surface area contributed by atoms with E-state index >= 15 is 0 Å². The van der Waals surface area contributed by atoms with Gasteiger partial charge in [0.15, 0.2) is 0 Å². The maximum Gasteiger partial charge on any atom is 0.146 e. The zero-order valence-electron chi connectivity index (χ0n) is 7.01. The van der Waals surface area contributed by atoms with Gasteiger partial charge in [-0.1, -0.05) is 6.07 Å².